The first-order valence-corrected chi connectivity index (χ1v) is 8.22. The van der Waals surface area contributed by atoms with Crippen LogP contribution in [-0.4, -0.2) is 52.1 Å². The molecule has 1 aromatic carbocycles. The highest BCUT2D eigenvalue weighted by Crippen LogP contribution is 2.28. The third-order valence-electron chi connectivity index (χ3n) is 3.02. The molecule has 0 spiro atoms. The van der Waals surface area contributed by atoms with Crippen LogP contribution in [0.3, 0.4) is 0 Å². The van der Waals surface area contributed by atoms with Crippen LogP contribution in [0.4, 0.5) is 0 Å². The molecule has 0 unspecified atom stereocenters. The van der Waals surface area contributed by atoms with Gasteiger partial charge in [0.15, 0.2) is 18.1 Å². The number of primary amides is 1. The van der Waals surface area contributed by atoms with Crippen LogP contribution in [0.15, 0.2) is 23.4 Å². The number of aryl methyl sites for hydroxylation is 1. The quantitative estimate of drug-likeness (QED) is 0.326. The number of halogens is 1. The Morgan fingerprint density at radius 1 is 1.40 bits per heavy atom. The number of carbonyl (C=O) groups is 1. The van der Waals surface area contributed by atoms with Crippen LogP contribution in [0.5, 0.6) is 11.5 Å². The Balaban J connectivity index is 0.00000312. The van der Waals surface area contributed by atoms with E-state index in [0.29, 0.717) is 18.0 Å². The van der Waals surface area contributed by atoms with E-state index in [4.69, 9.17) is 15.2 Å². The summed E-state index contributed by atoms with van der Waals surface area (Å²) in [6.45, 7) is 1.31. The summed E-state index contributed by atoms with van der Waals surface area (Å²) >= 11 is 1.58. The molecule has 0 aliphatic rings. The fraction of sp³-hybridized carbons (Fsp3) is 0.429. The number of amides is 1. The molecule has 138 valence electrons. The van der Waals surface area contributed by atoms with Crippen molar-refractivity contribution in [2.75, 3.05) is 26.0 Å². The average Bonchev–Trinajstić information content (AvgIpc) is 2.98. The second-order valence-corrected chi connectivity index (χ2v) is 5.91. The van der Waals surface area contributed by atoms with E-state index in [1.807, 2.05) is 19.2 Å². The number of tetrazole rings is 1. The zero-order chi connectivity index (χ0) is 17.4. The summed E-state index contributed by atoms with van der Waals surface area (Å²) in [5.41, 5.74) is 6.11. The number of methoxy groups -OCH3 is 1. The fourth-order valence-corrected chi connectivity index (χ4v) is 2.63. The lowest BCUT2D eigenvalue weighted by Gasteiger charge is -2.11. The summed E-state index contributed by atoms with van der Waals surface area (Å²) in [5, 5.41) is 15.4. The zero-order valence-corrected chi connectivity index (χ0v) is 15.5. The zero-order valence-electron chi connectivity index (χ0n) is 13.9. The number of aromatic nitrogens is 4. The Hall–Kier alpha value is -2.04. The highest BCUT2D eigenvalue weighted by atomic mass is 35.5. The van der Waals surface area contributed by atoms with E-state index in [-0.39, 0.29) is 19.0 Å². The van der Waals surface area contributed by atoms with E-state index in [0.717, 1.165) is 23.0 Å². The number of rotatable bonds is 10. The Kier molecular flexibility index (Phi) is 9.03. The maximum absolute atomic E-state index is 10.8. The monoisotopic (exact) mass is 387 g/mol. The van der Waals surface area contributed by atoms with Gasteiger partial charge in [-0.15, -0.1) is 5.10 Å². The molecule has 0 saturated carbocycles. The number of nitrogens with two attached hydrogens (primary N) is 1. The van der Waals surface area contributed by atoms with Crippen LogP contribution in [0.25, 0.3) is 0 Å². The molecule has 25 heavy (non-hydrogen) atoms. The van der Waals surface area contributed by atoms with Gasteiger partial charge in [-0.05, 0) is 28.1 Å². The van der Waals surface area contributed by atoms with Gasteiger partial charge in [0.2, 0.25) is 5.16 Å². The normalized spacial score (nSPS) is 10.2. The van der Waals surface area contributed by atoms with Crippen LogP contribution in [-0.2, 0) is 18.4 Å². The van der Waals surface area contributed by atoms with Crippen LogP contribution in [0, 0.1) is 0 Å². The lowest BCUT2D eigenvalue weighted by Crippen LogP contribution is -3.00. The van der Waals surface area contributed by atoms with E-state index in [2.05, 4.69) is 20.8 Å². The molecule has 0 atom stereocenters. The van der Waals surface area contributed by atoms with Gasteiger partial charge in [-0.3, -0.25) is 4.79 Å². The summed E-state index contributed by atoms with van der Waals surface area (Å²) in [6.07, 6.45) is 0. The molecule has 11 heteroatoms. The molecule has 0 aliphatic carbocycles. The van der Waals surface area contributed by atoms with Crippen molar-refractivity contribution < 1.29 is 26.7 Å². The van der Waals surface area contributed by atoms with Crippen molar-refractivity contribution in [2.45, 2.75) is 11.7 Å². The Labute approximate surface area is 156 Å². The third-order valence-corrected chi connectivity index (χ3v) is 4.03. The largest absolute Gasteiger partial charge is 1.00 e. The van der Waals surface area contributed by atoms with Crippen molar-refractivity contribution in [1.82, 2.24) is 25.5 Å². The first-order chi connectivity index (χ1) is 11.6. The van der Waals surface area contributed by atoms with Crippen LogP contribution in [0.1, 0.15) is 5.56 Å². The van der Waals surface area contributed by atoms with E-state index < -0.39 is 5.91 Å². The van der Waals surface area contributed by atoms with Gasteiger partial charge >= 0.3 is 0 Å². The molecule has 1 amide bonds. The van der Waals surface area contributed by atoms with Gasteiger partial charge in [0.1, 0.15) is 0 Å². The molecule has 0 fully saturated rings. The molecule has 0 bridgehead atoms. The SMILES string of the molecule is COc1cc(CNCCSc2nnnn2C)ccc1OCC(N)=O.[Cl-]. The second kappa shape index (κ2) is 10.7. The fourth-order valence-electron chi connectivity index (χ4n) is 1.88. The minimum absolute atomic E-state index is 0. The number of nitrogens with one attached hydrogen (secondary N) is 1. The van der Waals surface area contributed by atoms with Crippen LogP contribution in [0.2, 0.25) is 0 Å². The molecular formula is C14H20ClN6O3S-. The van der Waals surface area contributed by atoms with Gasteiger partial charge in [-0.1, -0.05) is 17.8 Å². The summed E-state index contributed by atoms with van der Waals surface area (Å²) < 4.78 is 12.2. The maximum Gasteiger partial charge on any atom is 0.255 e. The predicted octanol–water partition coefficient (Wildman–Crippen LogP) is -3.03. The molecule has 1 heterocycles. The smallest absolute Gasteiger partial charge is 0.255 e. The number of nitrogens with zero attached hydrogens (tertiary/aromatic N) is 4. The van der Waals surface area contributed by atoms with Crippen molar-refractivity contribution in [1.29, 1.82) is 0 Å². The predicted molar refractivity (Wildman–Crippen MR) is 88.9 cm³/mol. The Morgan fingerprint density at radius 2 is 2.20 bits per heavy atom. The molecule has 2 aromatic rings. The highest BCUT2D eigenvalue weighted by Gasteiger charge is 2.07. The van der Waals surface area contributed by atoms with E-state index in [1.165, 1.54) is 0 Å². The summed E-state index contributed by atoms with van der Waals surface area (Å²) in [6, 6.07) is 5.54. The van der Waals surface area contributed by atoms with Crippen molar-refractivity contribution in [3.05, 3.63) is 23.8 Å². The van der Waals surface area contributed by atoms with Gasteiger partial charge in [-0.25, -0.2) is 4.68 Å². The number of carbonyl (C=O) groups excluding carboxylic acids is 1. The van der Waals surface area contributed by atoms with Crippen LogP contribution < -0.4 is 32.9 Å². The van der Waals surface area contributed by atoms with E-state index >= 15 is 0 Å². The lowest BCUT2D eigenvalue weighted by atomic mass is 10.2. The molecule has 9 nitrogen and oxygen atoms in total. The van der Waals surface area contributed by atoms with Crippen molar-refractivity contribution in [3.63, 3.8) is 0 Å². The second-order valence-electron chi connectivity index (χ2n) is 4.85. The molecule has 0 radical (unpaired) electrons. The standard InChI is InChI=1S/C14H20N6O3S.ClH/c1-20-14(17-18-19-20)24-6-5-16-8-10-3-4-11(12(7-10)22-2)23-9-13(15)21;/h3-4,7,16H,5-6,8-9H2,1-2H3,(H2,15,21);1H/p-1. The number of hydrogen-bond donors (Lipinski definition) is 2. The highest BCUT2D eigenvalue weighted by molar-refractivity contribution is 7.99. The minimum atomic E-state index is -0.529. The van der Waals surface area contributed by atoms with Crippen molar-refractivity contribution in [2.24, 2.45) is 12.8 Å². The first kappa shape index (κ1) is 21.0. The topological polar surface area (TPSA) is 117 Å². The minimum Gasteiger partial charge on any atom is -1.00 e. The lowest BCUT2D eigenvalue weighted by molar-refractivity contribution is -0.119. The number of ether oxygens (including phenoxy) is 2. The number of thioether (sulfide) groups is 1. The molecule has 0 saturated heterocycles. The molecule has 0 aliphatic heterocycles. The van der Waals surface area contributed by atoms with Gasteiger partial charge in [0.25, 0.3) is 5.91 Å². The summed E-state index contributed by atoms with van der Waals surface area (Å²) in [4.78, 5) is 10.8. The summed E-state index contributed by atoms with van der Waals surface area (Å²) in [7, 11) is 3.36. The van der Waals surface area contributed by atoms with Gasteiger partial charge in [0, 0.05) is 25.9 Å². The van der Waals surface area contributed by atoms with E-state index in [9.17, 15) is 4.79 Å². The number of benzene rings is 1. The average molecular weight is 388 g/mol. The third kappa shape index (κ3) is 6.77. The molecule has 1 aromatic heterocycles. The van der Waals surface area contributed by atoms with Gasteiger partial charge in [-0.2, -0.15) is 0 Å². The maximum atomic E-state index is 10.8. The molecular weight excluding hydrogens is 368 g/mol. The first-order valence-electron chi connectivity index (χ1n) is 7.24. The van der Waals surface area contributed by atoms with E-state index in [1.54, 1.807) is 29.6 Å². The molecule has 3 N–H and O–H groups in total. The van der Waals surface area contributed by atoms with Gasteiger partial charge < -0.3 is 32.9 Å². The number of hydrogen-bond acceptors (Lipinski definition) is 8. The van der Waals surface area contributed by atoms with Crippen molar-refractivity contribution in [3.8, 4) is 11.5 Å². The molecule has 2 rings (SSSR count). The Bertz CT molecular complexity index is 684. The van der Waals surface area contributed by atoms with Crippen molar-refractivity contribution >= 4 is 17.7 Å². The van der Waals surface area contributed by atoms with Gasteiger partial charge in [0.05, 0.1) is 7.11 Å². The van der Waals surface area contributed by atoms with Crippen LogP contribution >= 0.6 is 11.8 Å². The Morgan fingerprint density at radius 3 is 2.84 bits per heavy atom. The summed E-state index contributed by atoms with van der Waals surface area (Å²) in [5.74, 6) is 1.38.